The molecule has 0 amide bonds. The molecule has 0 aliphatic carbocycles. The summed E-state index contributed by atoms with van der Waals surface area (Å²) in [6.07, 6.45) is 8.54. The Morgan fingerprint density at radius 1 is 0.969 bits per heavy atom. The van der Waals surface area contributed by atoms with Crippen molar-refractivity contribution in [1.82, 2.24) is 19.8 Å². The first-order valence-electron chi connectivity index (χ1n) is 12.6. The van der Waals surface area contributed by atoms with E-state index in [2.05, 4.69) is 85.6 Å². The highest BCUT2D eigenvalue weighted by Gasteiger charge is 2.25. The van der Waals surface area contributed by atoms with Crippen molar-refractivity contribution in [2.45, 2.75) is 98.3 Å². The molecule has 1 aromatic carbocycles. The van der Waals surface area contributed by atoms with Gasteiger partial charge in [0, 0.05) is 17.7 Å². The SMILES string of the molecule is CCCCCCCCOc1ccc(C)cc1CC(c1nnc2cc(C(C)C)[nH]n12)C(C)C. The molecule has 0 saturated carbocycles. The van der Waals surface area contributed by atoms with Gasteiger partial charge in [-0.1, -0.05) is 84.4 Å². The molecule has 0 saturated heterocycles. The van der Waals surface area contributed by atoms with E-state index in [9.17, 15) is 0 Å². The van der Waals surface area contributed by atoms with E-state index >= 15 is 0 Å². The Morgan fingerprint density at radius 2 is 1.72 bits per heavy atom. The zero-order valence-electron chi connectivity index (χ0n) is 20.9. The number of rotatable bonds is 13. The van der Waals surface area contributed by atoms with Gasteiger partial charge >= 0.3 is 0 Å². The summed E-state index contributed by atoms with van der Waals surface area (Å²) >= 11 is 0. The first kappa shape index (κ1) is 24.3. The van der Waals surface area contributed by atoms with E-state index in [1.807, 2.05) is 0 Å². The number of hydrogen-bond donors (Lipinski definition) is 1. The topological polar surface area (TPSA) is 55.2 Å². The monoisotopic (exact) mass is 438 g/mol. The summed E-state index contributed by atoms with van der Waals surface area (Å²) in [6.45, 7) is 14.1. The number of ether oxygens (including phenoxy) is 1. The van der Waals surface area contributed by atoms with Crippen LogP contribution in [0.1, 0.15) is 108 Å². The molecule has 2 aromatic heterocycles. The summed E-state index contributed by atoms with van der Waals surface area (Å²) in [4.78, 5) is 0. The fraction of sp³-hybridized carbons (Fsp3) is 0.630. The van der Waals surface area contributed by atoms with Crippen LogP contribution in [0.5, 0.6) is 5.75 Å². The molecule has 176 valence electrons. The van der Waals surface area contributed by atoms with Crippen LogP contribution in [0, 0.1) is 12.8 Å². The zero-order valence-corrected chi connectivity index (χ0v) is 20.9. The minimum Gasteiger partial charge on any atom is -0.493 e. The lowest BCUT2D eigenvalue weighted by Crippen LogP contribution is -2.15. The molecule has 0 aliphatic rings. The van der Waals surface area contributed by atoms with Gasteiger partial charge in [-0.3, -0.25) is 5.10 Å². The lowest BCUT2D eigenvalue weighted by atomic mass is 9.88. The van der Waals surface area contributed by atoms with Crippen molar-refractivity contribution in [2.75, 3.05) is 6.61 Å². The van der Waals surface area contributed by atoms with E-state index < -0.39 is 0 Å². The number of hydrogen-bond acceptors (Lipinski definition) is 3. The maximum Gasteiger partial charge on any atom is 0.177 e. The van der Waals surface area contributed by atoms with Gasteiger partial charge in [0.2, 0.25) is 0 Å². The van der Waals surface area contributed by atoms with Crippen molar-refractivity contribution < 1.29 is 4.74 Å². The normalized spacial score (nSPS) is 12.9. The Labute approximate surface area is 194 Å². The third kappa shape index (κ3) is 6.14. The number of unbranched alkanes of at least 4 members (excludes halogenated alkanes) is 5. The van der Waals surface area contributed by atoms with Crippen molar-refractivity contribution in [3.05, 3.63) is 46.9 Å². The maximum absolute atomic E-state index is 6.27. The second-order valence-electron chi connectivity index (χ2n) is 9.90. The van der Waals surface area contributed by atoms with Gasteiger partial charge in [0.25, 0.3) is 0 Å². The van der Waals surface area contributed by atoms with Crippen molar-refractivity contribution >= 4 is 5.65 Å². The van der Waals surface area contributed by atoms with Crippen LogP contribution in [-0.2, 0) is 6.42 Å². The highest BCUT2D eigenvalue weighted by atomic mass is 16.5. The molecule has 3 rings (SSSR count). The molecule has 0 bridgehead atoms. The first-order valence-corrected chi connectivity index (χ1v) is 12.6. The fourth-order valence-electron chi connectivity index (χ4n) is 4.29. The summed E-state index contributed by atoms with van der Waals surface area (Å²) in [7, 11) is 0. The Bertz CT molecular complexity index is 969. The maximum atomic E-state index is 6.27. The standard InChI is InChI=1S/C27H42N4O/c1-7-8-9-10-11-12-15-32-25-14-13-21(6)16-22(25)17-23(19(2)3)27-29-28-26-18-24(20(4)5)30-31(26)27/h13-14,16,18-20,23,30H,7-12,15,17H2,1-6H3. The highest BCUT2D eigenvalue weighted by Crippen LogP contribution is 2.32. The Morgan fingerprint density at radius 3 is 2.44 bits per heavy atom. The van der Waals surface area contributed by atoms with Gasteiger partial charge in [0.1, 0.15) is 5.75 Å². The first-order chi connectivity index (χ1) is 15.4. The van der Waals surface area contributed by atoms with Crippen LogP contribution in [0.4, 0.5) is 0 Å². The van der Waals surface area contributed by atoms with Crippen molar-refractivity contribution in [3.8, 4) is 5.75 Å². The number of nitrogens with zero attached hydrogens (tertiary/aromatic N) is 3. The van der Waals surface area contributed by atoms with E-state index in [0.29, 0.717) is 11.8 Å². The Kier molecular flexibility index (Phi) is 8.77. The number of aromatic nitrogens is 4. The number of H-pyrrole nitrogens is 1. The van der Waals surface area contributed by atoms with Gasteiger partial charge in [-0.2, -0.15) is 0 Å². The van der Waals surface area contributed by atoms with Gasteiger partial charge in [0.05, 0.1) is 6.61 Å². The fourth-order valence-corrected chi connectivity index (χ4v) is 4.29. The molecular weight excluding hydrogens is 396 g/mol. The average molecular weight is 439 g/mol. The summed E-state index contributed by atoms with van der Waals surface area (Å²) in [6, 6.07) is 8.68. The summed E-state index contributed by atoms with van der Waals surface area (Å²) < 4.78 is 8.35. The van der Waals surface area contributed by atoms with Crippen molar-refractivity contribution in [2.24, 2.45) is 5.92 Å². The quantitative estimate of drug-likeness (QED) is 0.287. The second kappa shape index (κ2) is 11.5. The predicted octanol–water partition coefficient (Wildman–Crippen LogP) is 7.21. The number of aromatic amines is 1. The molecule has 32 heavy (non-hydrogen) atoms. The third-order valence-electron chi connectivity index (χ3n) is 6.41. The lowest BCUT2D eigenvalue weighted by Gasteiger charge is -2.21. The van der Waals surface area contributed by atoms with Gasteiger partial charge in [-0.05, 0) is 43.2 Å². The molecule has 1 unspecified atom stereocenters. The van der Waals surface area contributed by atoms with E-state index in [1.54, 1.807) is 0 Å². The second-order valence-corrected chi connectivity index (χ2v) is 9.90. The van der Waals surface area contributed by atoms with Crippen molar-refractivity contribution in [3.63, 3.8) is 0 Å². The van der Waals surface area contributed by atoms with E-state index in [-0.39, 0.29) is 5.92 Å². The number of aryl methyl sites for hydroxylation is 1. The van der Waals surface area contributed by atoms with Crippen molar-refractivity contribution in [1.29, 1.82) is 0 Å². The third-order valence-corrected chi connectivity index (χ3v) is 6.41. The van der Waals surface area contributed by atoms with Crippen LogP contribution in [0.2, 0.25) is 0 Å². The van der Waals surface area contributed by atoms with Crippen LogP contribution in [0.3, 0.4) is 0 Å². The predicted molar refractivity (Wildman–Crippen MR) is 133 cm³/mol. The van der Waals surface area contributed by atoms with Gasteiger partial charge in [-0.25, -0.2) is 4.52 Å². The Hall–Kier alpha value is -2.30. The molecule has 1 atom stereocenters. The number of nitrogens with one attached hydrogen (secondary N) is 1. The minimum atomic E-state index is 0.252. The summed E-state index contributed by atoms with van der Waals surface area (Å²) in [5, 5.41) is 12.5. The highest BCUT2D eigenvalue weighted by molar-refractivity contribution is 5.42. The molecule has 5 nitrogen and oxygen atoms in total. The Balaban J connectivity index is 1.74. The molecule has 5 heteroatoms. The van der Waals surface area contributed by atoms with Crippen LogP contribution in [0.15, 0.2) is 24.3 Å². The number of benzene rings is 1. The molecule has 1 N–H and O–H groups in total. The summed E-state index contributed by atoms with van der Waals surface area (Å²) in [5.74, 6) is 3.14. The molecule has 0 spiro atoms. The van der Waals surface area contributed by atoms with Crippen LogP contribution < -0.4 is 4.74 Å². The lowest BCUT2D eigenvalue weighted by molar-refractivity contribution is 0.299. The molecular formula is C27H42N4O. The average Bonchev–Trinajstić information content (AvgIpc) is 3.34. The summed E-state index contributed by atoms with van der Waals surface area (Å²) in [5.41, 5.74) is 4.63. The largest absolute Gasteiger partial charge is 0.493 e. The van der Waals surface area contributed by atoms with Crippen LogP contribution in [0.25, 0.3) is 5.65 Å². The molecule has 0 radical (unpaired) electrons. The molecule has 3 aromatic rings. The number of fused-ring (bicyclic) bond motifs is 1. The molecule has 0 fully saturated rings. The van der Waals surface area contributed by atoms with E-state index in [4.69, 9.17) is 4.74 Å². The minimum absolute atomic E-state index is 0.252. The molecule has 2 heterocycles. The van der Waals surface area contributed by atoms with E-state index in [1.165, 1.54) is 48.9 Å². The zero-order chi connectivity index (χ0) is 23.1. The van der Waals surface area contributed by atoms with Gasteiger partial charge in [0.15, 0.2) is 11.5 Å². The van der Waals surface area contributed by atoms with E-state index in [0.717, 1.165) is 36.7 Å². The smallest absolute Gasteiger partial charge is 0.177 e. The molecule has 0 aliphatic heterocycles. The van der Waals surface area contributed by atoms with Crippen LogP contribution >= 0.6 is 0 Å². The van der Waals surface area contributed by atoms with Gasteiger partial charge < -0.3 is 4.74 Å². The van der Waals surface area contributed by atoms with Crippen LogP contribution in [-0.4, -0.2) is 26.4 Å². The van der Waals surface area contributed by atoms with Gasteiger partial charge in [-0.15, -0.1) is 10.2 Å².